The monoisotopic (exact) mass is 194 g/mol. The van der Waals surface area contributed by atoms with Gasteiger partial charge in [-0.3, -0.25) is 0 Å². The van der Waals surface area contributed by atoms with Gasteiger partial charge in [-0.05, 0) is 18.1 Å². The maximum atomic E-state index is 2.26. The third-order valence-electron chi connectivity index (χ3n) is 1.92. The van der Waals surface area contributed by atoms with Crippen molar-refractivity contribution in [2.45, 2.75) is 38.2 Å². The first kappa shape index (κ1) is 10.6. The van der Waals surface area contributed by atoms with Crippen molar-refractivity contribution in [2.75, 3.05) is 0 Å². The number of benzene rings is 1. The Morgan fingerprint density at radius 1 is 1.15 bits per heavy atom. The molecule has 1 aromatic rings. The van der Waals surface area contributed by atoms with Crippen LogP contribution < -0.4 is 0 Å². The number of rotatable bonds is 2. The molecule has 0 radical (unpaired) electrons. The molecule has 1 heteroatoms. The van der Waals surface area contributed by atoms with Crippen molar-refractivity contribution in [1.82, 2.24) is 0 Å². The second-order valence-electron chi connectivity index (χ2n) is 4.33. The van der Waals surface area contributed by atoms with Crippen LogP contribution in [0, 0.1) is 6.92 Å². The summed E-state index contributed by atoms with van der Waals surface area (Å²) in [6.07, 6.45) is 0. The molecular weight excluding hydrogens is 176 g/mol. The predicted octanol–water partition coefficient (Wildman–Crippen LogP) is 4.03. The summed E-state index contributed by atoms with van der Waals surface area (Å²) in [5.41, 5.74) is 2.86. The lowest BCUT2D eigenvalue weighted by Gasteiger charge is -2.18. The molecule has 0 amide bonds. The van der Waals surface area contributed by atoms with Crippen molar-refractivity contribution >= 4 is 11.8 Å². The molecule has 0 bridgehead atoms. The minimum Gasteiger partial charge on any atom is -0.151 e. The molecule has 0 nitrogen and oxygen atoms in total. The van der Waals surface area contributed by atoms with E-state index in [1.54, 1.807) is 0 Å². The second kappa shape index (κ2) is 4.19. The summed E-state index contributed by atoms with van der Waals surface area (Å²) in [5, 5.41) is 0. The minimum atomic E-state index is 0.363. The van der Waals surface area contributed by atoms with E-state index in [0.717, 1.165) is 5.75 Å². The normalized spacial score (nSPS) is 11.7. The van der Waals surface area contributed by atoms with Crippen molar-refractivity contribution in [3.8, 4) is 0 Å². The molecule has 1 aromatic carbocycles. The molecule has 0 unspecified atom stereocenters. The molecule has 0 atom stereocenters. The van der Waals surface area contributed by atoms with Gasteiger partial charge in [0, 0.05) is 10.5 Å². The summed E-state index contributed by atoms with van der Waals surface area (Å²) in [7, 11) is 0. The molecule has 0 saturated heterocycles. The number of hydrogen-bond acceptors (Lipinski definition) is 1. The third kappa shape index (κ3) is 3.86. The van der Waals surface area contributed by atoms with E-state index in [0.29, 0.717) is 4.75 Å². The van der Waals surface area contributed by atoms with Gasteiger partial charge in [-0.1, -0.05) is 45.0 Å². The van der Waals surface area contributed by atoms with Crippen molar-refractivity contribution < 1.29 is 0 Å². The molecule has 13 heavy (non-hydrogen) atoms. The van der Waals surface area contributed by atoms with Crippen LogP contribution in [0.25, 0.3) is 0 Å². The second-order valence-corrected chi connectivity index (χ2v) is 6.13. The van der Waals surface area contributed by atoms with Crippen LogP contribution in [0.1, 0.15) is 31.9 Å². The lowest BCUT2D eigenvalue weighted by atomic mass is 10.1. The van der Waals surface area contributed by atoms with Crippen molar-refractivity contribution in [1.29, 1.82) is 0 Å². The fourth-order valence-electron chi connectivity index (χ4n) is 1.07. The molecule has 1 rings (SSSR count). The summed E-state index contributed by atoms with van der Waals surface area (Å²) in [5.74, 6) is 1.12. The Bertz CT molecular complexity index is 271. The highest BCUT2D eigenvalue weighted by Gasteiger charge is 2.10. The van der Waals surface area contributed by atoms with Crippen LogP contribution in [-0.4, -0.2) is 4.75 Å². The summed E-state index contributed by atoms with van der Waals surface area (Å²) in [4.78, 5) is 0. The topological polar surface area (TPSA) is 0 Å². The fourth-order valence-corrected chi connectivity index (χ4v) is 1.98. The largest absolute Gasteiger partial charge is 0.151 e. The van der Waals surface area contributed by atoms with Gasteiger partial charge in [-0.2, -0.15) is 11.8 Å². The van der Waals surface area contributed by atoms with Crippen LogP contribution in [0.2, 0.25) is 0 Å². The number of aryl methyl sites for hydroxylation is 1. The van der Waals surface area contributed by atoms with Gasteiger partial charge in [0.15, 0.2) is 0 Å². The van der Waals surface area contributed by atoms with Crippen LogP contribution in [0.4, 0.5) is 0 Å². The van der Waals surface area contributed by atoms with Gasteiger partial charge in [-0.15, -0.1) is 0 Å². The first-order valence-electron chi connectivity index (χ1n) is 4.67. The molecule has 0 N–H and O–H groups in total. The molecule has 0 aromatic heterocycles. The van der Waals surface area contributed by atoms with Gasteiger partial charge >= 0.3 is 0 Å². The van der Waals surface area contributed by atoms with E-state index < -0.39 is 0 Å². The van der Waals surface area contributed by atoms with Gasteiger partial charge in [-0.25, -0.2) is 0 Å². The Morgan fingerprint density at radius 2 is 1.77 bits per heavy atom. The van der Waals surface area contributed by atoms with Gasteiger partial charge in [0.05, 0.1) is 0 Å². The first-order chi connectivity index (χ1) is 5.99. The van der Waals surface area contributed by atoms with Crippen LogP contribution in [0.15, 0.2) is 24.3 Å². The minimum absolute atomic E-state index is 0.363. The first-order valence-corrected chi connectivity index (χ1v) is 5.66. The Balaban J connectivity index is 2.60. The lowest BCUT2D eigenvalue weighted by molar-refractivity contribution is 0.802. The van der Waals surface area contributed by atoms with E-state index in [2.05, 4.69) is 52.0 Å². The van der Waals surface area contributed by atoms with Crippen molar-refractivity contribution in [3.05, 3.63) is 35.4 Å². The standard InChI is InChI=1S/C12H18S/c1-10-7-5-6-8-11(10)9-13-12(2,3)4/h5-8H,9H2,1-4H3. The SMILES string of the molecule is Cc1ccccc1CSC(C)(C)C. The Hall–Kier alpha value is -0.430. The van der Waals surface area contributed by atoms with Gasteiger partial charge in [0.2, 0.25) is 0 Å². The van der Waals surface area contributed by atoms with E-state index in [1.807, 2.05) is 11.8 Å². The van der Waals surface area contributed by atoms with E-state index in [1.165, 1.54) is 11.1 Å². The molecule has 0 aliphatic rings. The zero-order valence-electron chi connectivity index (χ0n) is 8.92. The number of thioether (sulfide) groups is 1. The maximum Gasteiger partial charge on any atom is 0.0192 e. The maximum absolute atomic E-state index is 2.26. The van der Waals surface area contributed by atoms with Crippen LogP contribution in [0.5, 0.6) is 0 Å². The van der Waals surface area contributed by atoms with Gasteiger partial charge in [0.25, 0.3) is 0 Å². The molecule has 72 valence electrons. The van der Waals surface area contributed by atoms with E-state index >= 15 is 0 Å². The molecular formula is C12H18S. The Morgan fingerprint density at radius 3 is 2.31 bits per heavy atom. The van der Waals surface area contributed by atoms with Gasteiger partial charge in [0.1, 0.15) is 0 Å². The van der Waals surface area contributed by atoms with Gasteiger partial charge < -0.3 is 0 Å². The summed E-state index contributed by atoms with van der Waals surface area (Å²) >= 11 is 2.00. The van der Waals surface area contributed by atoms with Crippen LogP contribution in [-0.2, 0) is 5.75 Å². The predicted molar refractivity (Wildman–Crippen MR) is 62.2 cm³/mol. The molecule has 0 spiro atoms. The highest BCUT2D eigenvalue weighted by atomic mass is 32.2. The van der Waals surface area contributed by atoms with E-state index in [4.69, 9.17) is 0 Å². The molecule has 0 saturated carbocycles. The molecule has 0 fully saturated rings. The molecule has 0 heterocycles. The quantitative estimate of drug-likeness (QED) is 0.685. The molecule has 0 aliphatic carbocycles. The van der Waals surface area contributed by atoms with E-state index in [-0.39, 0.29) is 0 Å². The van der Waals surface area contributed by atoms with Crippen molar-refractivity contribution in [2.24, 2.45) is 0 Å². The molecule has 0 aliphatic heterocycles. The van der Waals surface area contributed by atoms with Crippen LogP contribution >= 0.6 is 11.8 Å². The average Bonchev–Trinajstić information content (AvgIpc) is 2.01. The Kier molecular flexibility index (Phi) is 3.43. The zero-order valence-corrected chi connectivity index (χ0v) is 9.74. The zero-order chi connectivity index (χ0) is 9.90. The van der Waals surface area contributed by atoms with Crippen molar-refractivity contribution in [3.63, 3.8) is 0 Å². The lowest BCUT2D eigenvalue weighted by Crippen LogP contribution is -2.07. The highest BCUT2D eigenvalue weighted by molar-refractivity contribution is 7.99. The summed E-state index contributed by atoms with van der Waals surface area (Å²) in [6.45, 7) is 8.96. The highest BCUT2D eigenvalue weighted by Crippen LogP contribution is 2.27. The summed E-state index contributed by atoms with van der Waals surface area (Å²) in [6, 6.07) is 8.61. The Labute approximate surface area is 85.7 Å². The summed E-state index contributed by atoms with van der Waals surface area (Å²) < 4.78 is 0.363. The van der Waals surface area contributed by atoms with E-state index in [9.17, 15) is 0 Å². The third-order valence-corrected chi connectivity index (χ3v) is 3.24. The number of hydrogen-bond donors (Lipinski definition) is 0. The van der Waals surface area contributed by atoms with Crippen LogP contribution in [0.3, 0.4) is 0 Å². The average molecular weight is 194 g/mol. The smallest absolute Gasteiger partial charge is 0.0192 e. The fraction of sp³-hybridized carbons (Fsp3) is 0.500.